The van der Waals surface area contributed by atoms with Gasteiger partial charge in [0.1, 0.15) is 0 Å². The van der Waals surface area contributed by atoms with Crippen LogP contribution in [0.2, 0.25) is 0 Å². The molecule has 1 saturated carbocycles. The van der Waals surface area contributed by atoms with Crippen molar-refractivity contribution in [2.24, 2.45) is 0 Å². The third-order valence-corrected chi connectivity index (χ3v) is 6.34. The van der Waals surface area contributed by atoms with Gasteiger partial charge >= 0.3 is 0 Å². The molecule has 1 aromatic heterocycles. The van der Waals surface area contributed by atoms with E-state index in [9.17, 15) is 8.42 Å². The van der Waals surface area contributed by atoms with Crippen LogP contribution >= 0.6 is 0 Å². The molecule has 1 aliphatic carbocycles. The van der Waals surface area contributed by atoms with E-state index in [0.29, 0.717) is 0 Å². The van der Waals surface area contributed by atoms with Crippen LogP contribution in [0.25, 0.3) is 0 Å². The van der Waals surface area contributed by atoms with Crippen molar-refractivity contribution in [3.63, 3.8) is 0 Å². The molecule has 2 heterocycles. The average molecular weight is 310 g/mol. The van der Waals surface area contributed by atoms with E-state index in [1.54, 1.807) is 12.1 Å². The molecule has 2 fully saturated rings. The van der Waals surface area contributed by atoms with Crippen molar-refractivity contribution < 1.29 is 13.2 Å². The van der Waals surface area contributed by atoms with Crippen molar-refractivity contribution >= 4 is 15.5 Å². The van der Waals surface area contributed by atoms with E-state index in [4.69, 9.17) is 10.5 Å². The molecule has 1 aliphatic heterocycles. The number of pyridine rings is 1. The van der Waals surface area contributed by atoms with Crippen LogP contribution in [0.5, 0.6) is 0 Å². The Hall–Kier alpha value is -1.14. The summed E-state index contributed by atoms with van der Waals surface area (Å²) in [6.07, 6.45) is 8.79. The number of hydrogen-bond acceptors (Lipinski definition) is 5. The molecule has 0 radical (unpaired) electrons. The first kappa shape index (κ1) is 14.8. The van der Waals surface area contributed by atoms with Crippen LogP contribution in [0.1, 0.15) is 44.9 Å². The maximum atomic E-state index is 12.5. The third kappa shape index (κ3) is 3.06. The topological polar surface area (TPSA) is 82.3 Å². The lowest BCUT2D eigenvalue weighted by atomic mass is 9.83. The summed E-state index contributed by atoms with van der Waals surface area (Å²) in [5.74, 6) is -0.0179. The fraction of sp³-hybridized carbons (Fsp3) is 0.667. The van der Waals surface area contributed by atoms with Crippen molar-refractivity contribution in [3.05, 3.63) is 18.3 Å². The van der Waals surface area contributed by atoms with Crippen molar-refractivity contribution in [2.45, 2.75) is 61.7 Å². The Morgan fingerprint density at radius 3 is 2.76 bits per heavy atom. The minimum atomic E-state index is -3.49. The van der Waals surface area contributed by atoms with E-state index in [0.717, 1.165) is 25.7 Å². The Bertz CT molecular complexity index is 609. The van der Waals surface area contributed by atoms with Gasteiger partial charge in [-0.1, -0.05) is 19.3 Å². The minimum absolute atomic E-state index is 0.0156. The van der Waals surface area contributed by atoms with E-state index in [1.165, 1.54) is 25.5 Å². The average Bonchev–Trinajstić information content (AvgIpc) is 2.81. The fourth-order valence-corrected chi connectivity index (χ4v) is 5.09. The van der Waals surface area contributed by atoms with Crippen molar-refractivity contribution in [3.8, 4) is 0 Å². The Morgan fingerprint density at radius 1 is 1.29 bits per heavy atom. The van der Waals surface area contributed by atoms with E-state index < -0.39 is 9.84 Å². The van der Waals surface area contributed by atoms with Crippen molar-refractivity contribution in [1.29, 1.82) is 0 Å². The summed E-state index contributed by atoms with van der Waals surface area (Å²) in [5, 5.41) is -0.0156. The predicted octanol–water partition coefficient (Wildman–Crippen LogP) is 2.32. The third-order valence-electron chi connectivity index (χ3n) is 4.60. The summed E-state index contributed by atoms with van der Waals surface area (Å²) in [7, 11) is -3.49. The summed E-state index contributed by atoms with van der Waals surface area (Å²) in [5.41, 5.74) is 5.88. The van der Waals surface area contributed by atoms with Gasteiger partial charge in [0.2, 0.25) is 0 Å². The van der Waals surface area contributed by atoms with E-state index in [2.05, 4.69) is 4.98 Å². The standard InChI is InChI=1S/C15H22N2O3S/c16-13-5-4-10-17-14(13)21(18,19)11-12-6-9-15(20-12)7-2-1-3-8-15/h4-5,10,12H,1-3,6-9,11,16H2. The molecule has 2 N–H and O–H groups in total. The molecule has 1 unspecified atom stereocenters. The number of anilines is 1. The van der Waals surface area contributed by atoms with E-state index >= 15 is 0 Å². The second-order valence-corrected chi connectivity index (χ2v) is 8.15. The van der Waals surface area contributed by atoms with Gasteiger partial charge in [-0.2, -0.15) is 0 Å². The molecule has 116 valence electrons. The van der Waals surface area contributed by atoms with Crippen LogP contribution in [0.4, 0.5) is 5.69 Å². The molecule has 1 spiro atoms. The van der Waals surface area contributed by atoms with Gasteiger partial charge in [-0.25, -0.2) is 13.4 Å². The molecule has 5 nitrogen and oxygen atoms in total. The highest BCUT2D eigenvalue weighted by molar-refractivity contribution is 7.91. The maximum Gasteiger partial charge on any atom is 0.200 e. The zero-order valence-electron chi connectivity index (χ0n) is 12.1. The number of nitrogens with zero attached hydrogens (tertiary/aromatic N) is 1. The molecule has 21 heavy (non-hydrogen) atoms. The summed E-state index contributed by atoms with van der Waals surface area (Å²) in [6, 6.07) is 3.20. The summed E-state index contributed by atoms with van der Waals surface area (Å²) >= 11 is 0. The molecular formula is C15H22N2O3S. The first-order chi connectivity index (χ1) is 10.0. The van der Waals surface area contributed by atoms with Gasteiger partial charge in [-0.15, -0.1) is 0 Å². The Balaban J connectivity index is 1.71. The smallest absolute Gasteiger partial charge is 0.200 e. The minimum Gasteiger partial charge on any atom is -0.396 e. The Kier molecular flexibility index (Phi) is 3.92. The molecule has 3 rings (SSSR count). The summed E-state index contributed by atoms with van der Waals surface area (Å²) in [4.78, 5) is 3.93. The largest absolute Gasteiger partial charge is 0.396 e. The number of nitrogen functional groups attached to an aromatic ring is 1. The molecule has 0 aromatic carbocycles. The number of sulfone groups is 1. The lowest BCUT2D eigenvalue weighted by molar-refractivity contribution is -0.0559. The lowest BCUT2D eigenvalue weighted by Crippen LogP contribution is -2.33. The first-order valence-electron chi connectivity index (χ1n) is 7.62. The van der Waals surface area contributed by atoms with Crippen molar-refractivity contribution in [2.75, 3.05) is 11.5 Å². The second-order valence-electron chi connectivity index (χ2n) is 6.20. The molecule has 6 heteroatoms. The second kappa shape index (κ2) is 5.57. The quantitative estimate of drug-likeness (QED) is 0.926. The van der Waals surface area contributed by atoms with Gasteiger partial charge in [-0.3, -0.25) is 0 Å². The number of rotatable bonds is 3. The van der Waals surface area contributed by atoms with Crippen LogP contribution in [0.15, 0.2) is 23.4 Å². The van der Waals surface area contributed by atoms with Gasteiger partial charge in [0.25, 0.3) is 0 Å². The fourth-order valence-electron chi connectivity index (χ4n) is 3.56. The molecule has 0 bridgehead atoms. The van der Waals surface area contributed by atoms with Gasteiger partial charge < -0.3 is 10.5 Å². The molecule has 2 aliphatic rings. The number of nitrogens with two attached hydrogens (primary N) is 1. The highest BCUT2D eigenvalue weighted by Crippen LogP contribution is 2.42. The highest BCUT2D eigenvalue weighted by Gasteiger charge is 2.42. The monoisotopic (exact) mass is 310 g/mol. The molecule has 1 aromatic rings. The molecule has 0 amide bonds. The van der Waals surface area contributed by atoms with Gasteiger partial charge in [0, 0.05) is 6.20 Å². The van der Waals surface area contributed by atoms with E-state index in [1.807, 2.05) is 0 Å². The van der Waals surface area contributed by atoms with E-state index in [-0.39, 0.29) is 28.2 Å². The highest BCUT2D eigenvalue weighted by atomic mass is 32.2. The number of aromatic nitrogens is 1. The van der Waals surface area contributed by atoms with Gasteiger partial charge in [0.15, 0.2) is 14.9 Å². The van der Waals surface area contributed by atoms with Crippen LogP contribution in [0, 0.1) is 0 Å². The number of hydrogen-bond donors (Lipinski definition) is 1. The van der Waals surface area contributed by atoms with Crippen LogP contribution in [-0.2, 0) is 14.6 Å². The lowest BCUT2D eigenvalue weighted by Gasteiger charge is -2.33. The van der Waals surface area contributed by atoms with Crippen LogP contribution in [-0.4, -0.2) is 30.9 Å². The van der Waals surface area contributed by atoms with Crippen LogP contribution < -0.4 is 5.73 Å². The normalized spacial score (nSPS) is 25.2. The Morgan fingerprint density at radius 2 is 2.05 bits per heavy atom. The Labute approximate surface area is 125 Å². The molecule has 1 saturated heterocycles. The summed E-state index contributed by atoms with van der Waals surface area (Å²) < 4.78 is 31.1. The van der Waals surface area contributed by atoms with Gasteiger partial charge in [-0.05, 0) is 37.8 Å². The van der Waals surface area contributed by atoms with Gasteiger partial charge in [0.05, 0.1) is 23.1 Å². The first-order valence-corrected chi connectivity index (χ1v) is 9.27. The van der Waals surface area contributed by atoms with Crippen molar-refractivity contribution in [1.82, 2.24) is 4.98 Å². The van der Waals surface area contributed by atoms with Crippen LogP contribution in [0.3, 0.4) is 0 Å². The zero-order chi connectivity index (χ0) is 14.9. The molecule has 1 atom stereocenters. The number of ether oxygens (including phenoxy) is 1. The molecular weight excluding hydrogens is 288 g/mol. The summed E-state index contributed by atoms with van der Waals surface area (Å²) in [6.45, 7) is 0. The maximum absolute atomic E-state index is 12.5. The predicted molar refractivity (Wildman–Crippen MR) is 80.6 cm³/mol. The zero-order valence-corrected chi connectivity index (χ0v) is 12.9. The SMILES string of the molecule is Nc1cccnc1S(=O)(=O)CC1CCC2(CCCCC2)O1.